The summed E-state index contributed by atoms with van der Waals surface area (Å²) in [6.07, 6.45) is 1.67. The second kappa shape index (κ2) is 5.40. The first-order valence-corrected chi connectivity index (χ1v) is 6.26. The lowest BCUT2D eigenvalue weighted by Crippen LogP contribution is -2.00. The second-order valence-electron chi connectivity index (χ2n) is 4.47. The molecule has 0 aliphatic heterocycles. The lowest BCUT2D eigenvalue weighted by Gasteiger charge is -2.13. The van der Waals surface area contributed by atoms with Crippen molar-refractivity contribution in [1.29, 1.82) is 0 Å². The van der Waals surface area contributed by atoms with Crippen molar-refractivity contribution in [3.63, 3.8) is 0 Å². The first-order chi connectivity index (χ1) is 8.58. The van der Waals surface area contributed by atoms with Gasteiger partial charge in [-0.15, -0.1) is 0 Å². The van der Waals surface area contributed by atoms with E-state index in [1.165, 1.54) is 5.56 Å². The number of nitrogens with zero attached hydrogens (tertiary/aromatic N) is 1. The van der Waals surface area contributed by atoms with Crippen LogP contribution in [0.25, 0.3) is 0 Å². The summed E-state index contributed by atoms with van der Waals surface area (Å²) in [6, 6.07) is 8.02. The topological polar surface area (TPSA) is 22.1 Å². The Hall–Kier alpha value is -1.54. The van der Waals surface area contributed by atoms with E-state index < -0.39 is 0 Å². The Morgan fingerprint density at radius 3 is 2.44 bits per heavy atom. The van der Waals surface area contributed by atoms with Crippen LogP contribution in [0.3, 0.4) is 0 Å². The highest BCUT2D eigenvalue weighted by atomic mass is 35.5. The van der Waals surface area contributed by atoms with Gasteiger partial charge in [-0.1, -0.05) is 35.4 Å². The summed E-state index contributed by atoms with van der Waals surface area (Å²) in [5.41, 5.74) is 4.44. The zero-order valence-electron chi connectivity index (χ0n) is 10.8. The minimum Gasteiger partial charge on any atom is -0.488 e. The predicted octanol–water partition coefficient (Wildman–Crippen LogP) is 4.24. The molecule has 2 aromatic rings. The lowest BCUT2D eigenvalue weighted by atomic mass is 10.1. The maximum atomic E-state index is 6.00. The maximum Gasteiger partial charge on any atom is 0.135 e. The van der Waals surface area contributed by atoms with E-state index in [4.69, 9.17) is 16.3 Å². The predicted molar refractivity (Wildman–Crippen MR) is 74.2 cm³/mol. The van der Waals surface area contributed by atoms with Crippen molar-refractivity contribution < 1.29 is 4.74 Å². The molecule has 0 N–H and O–H groups in total. The molecule has 0 saturated carbocycles. The van der Waals surface area contributed by atoms with Crippen LogP contribution in [0, 0.1) is 20.8 Å². The van der Waals surface area contributed by atoms with E-state index in [9.17, 15) is 0 Å². The van der Waals surface area contributed by atoms with E-state index in [1.54, 1.807) is 6.20 Å². The van der Waals surface area contributed by atoms with E-state index in [1.807, 2.05) is 12.1 Å². The number of pyridine rings is 1. The number of rotatable bonds is 3. The Morgan fingerprint density at radius 1 is 1.17 bits per heavy atom. The normalized spacial score (nSPS) is 10.4. The molecule has 0 radical (unpaired) electrons. The highest BCUT2D eigenvalue weighted by Crippen LogP contribution is 2.26. The maximum absolute atomic E-state index is 6.00. The van der Waals surface area contributed by atoms with Gasteiger partial charge in [0.1, 0.15) is 17.5 Å². The van der Waals surface area contributed by atoms with E-state index in [-0.39, 0.29) is 0 Å². The van der Waals surface area contributed by atoms with Crippen molar-refractivity contribution in [2.75, 3.05) is 0 Å². The van der Waals surface area contributed by atoms with Crippen LogP contribution in [0.4, 0.5) is 0 Å². The van der Waals surface area contributed by atoms with E-state index >= 15 is 0 Å². The second-order valence-corrected chi connectivity index (χ2v) is 4.83. The summed E-state index contributed by atoms with van der Waals surface area (Å²) < 4.78 is 5.86. The summed E-state index contributed by atoms with van der Waals surface area (Å²) in [6.45, 7) is 6.64. The van der Waals surface area contributed by atoms with Gasteiger partial charge in [-0.3, -0.25) is 0 Å². The van der Waals surface area contributed by atoms with Crippen LogP contribution in [-0.4, -0.2) is 4.98 Å². The Kier molecular flexibility index (Phi) is 3.87. The highest BCUT2D eigenvalue weighted by Gasteiger charge is 2.07. The molecule has 0 aliphatic rings. The van der Waals surface area contributed by atoms with Gasteiger partial charge in [0, 0.05) is 11.8 Å². The number of aryl methyl sites for hydroxylation is 3. The number of hydrogen-bond acceptors (Lipinski definition) is 2. The average molecular weight is 262 g/mol. The average Bonchev–Trinajstić information content (AvgIpc) is 2.30. The summed E-state index contributed by atoms with van der Waals surface area (Å²) in [7, 11) is 0. The molecule has 1 heterocycles. The van der Waals surface area contributed by atoms with Crippen molar-refractivity contribution in [3.8, 4) is 5.75 Å². The van der Waals surface area contributed by atoms with Crippen molar-refractivity contribution in [2.24, 2.45) is 0 Å². The van der Waals surface area contributed by atoms with E-state index in [2.05, 4.69) is 37.9 Å². The van der Waals surface area contributed by atoms with E-state index in [0.717, 1.165) is 22.4 Å². The SMILES string of the molecule is Cc1cc(C)c(OCc2cccnc2Cl)c(C)c1. The van der Waals surface area contributed by atoms with Crippen LogP contribution in [0.2, 0.25) is 5.15 Å². The van der Waals surface area contributed by atoms with Gasteiger partial charge in [0.15, 0.2) is 0 Å². The number of halogens is 1. The molecule has 0 unspecified atom stereocenters. The lowest BCUT2D eigenvalue weighted by molar-refractivity contribution is 0.301. The minimum absolute atomic E-state index is 0.442. The molecule has 18 heavy (non-hydrogen) atoms. The summed E-state index contributed by atoms with van der Waals surface area (Å²) in [5, 5.41) is 0.500. The number of aromatic nitrogens is 1. The summed E-state index contributed by atoms with van der Waals surface area (Å²) >= 11 is 6.00. The number of benzene rings is 1. The molecule has 2 nitrogen and oxygen atoms in total. The van der Waals surface area contributed by atoms with E-state index in [0.29, 0.717) is 11.8 Å². The molecule has 0 bridgehead atoms. The fourth-order valence-corrected chi connectivity index (χ4v) is 2.25. The van der Waals surface area contributed by atoms with Crippen LogP contribution >= 0.6 is 11.6 Å². The number of hydrogen-bond donors (Lipinski definition) is 0. The summed E-state index contributed by atoms with van der Waals surface area (Å²) in [5.74, 6) is 0.931. The molecule has 2 rings (SSSR count). The highest BCUT2D eigenvalue weighted by molar-refractivity contribution is 6.30. The van der Waals surface area contributed by atoms with Crippen LogP contribution in [0.1, 0.15) is 22.3 Å². The van der Waals surface area contributed by atoms with Crippen LogP contribution in [0.5, 0.6) is 5.75 Å². The first-order valence-electron chi connectivity index (χ1n) is 5.88. The van der Waals surface area contributed by atoms with Gasteiger partial charge in [-0.25, -0.2) is 4.98 Å². The molecule has 0 fully saturated rings. The van der Waals surface area contributed by atoms with Gasteiger partial charge in [0.2, 0.25) is 0 Å². The van der Waals surface area contributed by atoms with Gasteiger partial charge >= 0.3 is 0 Å². The van der Waals surface area contributed by atoms with Crippen LogP contribution < -0.4 is 4.74 Å². The Morgan fingerprint density at radius 2 is 1.83 bits per heavy atom. The molecular weight excluding hydrogens is 246 g/mol. The van der Waals surface area contributed by atoms with Crippen molar-refractivity contribution in [2.45, 2.75) is 27.4 Å². The van der Waals surface area contributed by atoms with Crippen molar-refractivity contribution in [3.05, 3.63) is 57.9 Å². The molecule has 1 aromatic carbocycles. The molecule has 0 spiro atoms. The summed E-state index contributed by atoms with van der Waals surface area (Å²) in [4.78, 5) is 4.04. The quantitative estimate of drug-likeness (QED) is 0.771. The fraction of sp³-hybridized carbons (Fsp3) is 0.267. The zero-order valence-corrected chi connectivity index (χ0v) is 11.6. The van der Waals surface area contributed by atoms with Gasteiger partial charge < -0.3 is 4.74 Å². The molecule has 0 aliphatic carbocycles. The third kappa shape index (κ3) is 2.82. The molecule has 0 amide bonds. The monoisotopic (exact) mass is 261 g/mol. The minimum atomic E-state index is 0.442. The van der Waals surface area contributed by atoms with Crippen molar-refractivity contribution in [1.82, 2.24) is 4.98 Å². The standard InChI is InChI=1S/C15H16ClNO/c1-10-7-11(2)14(12(3)8-10)18-9-13-5-4-6-17-15(13)16/h4-8H,9H2,1-3H3. The van der Waals surface area contributed by atoms with Crippen LogP contribution in [0.15, 0.2) is 30.5 Å². The fourth-order valence-electron chi connectivity index (χ4n) is 2.07. The van der Waals surface area contributed by atoms with Crippen LogP contribution in [-0.2, 0) is 6.61 Å². The Labute approximate surface area is 113 Å². The van der Waals surface area contributed by atoms with Gasteiger partial charge in [0.25, 0.3) is 0 Å². The van der Waals surface area contributed by atoms with Gasteiger partial charge in [0.05, 0.1) is 0 Å². The third-order valence-electron chi connectivity index (χ3n) is 2.81. The smallest absolute Gasteiger partial charge is 0.135 e. The molecular formula is C15H16ClNO. The molecule has 1 aromatic heterocycles. The largest absolute Gasteiger partial charge is 0.488 e. The molecule has 94 valence electrons. The van der Waals surface area contributed by atoms with Gasteiger partial charge in [-0.05, 0) is 38.0 Å². The number of ether oxygens (including phenoxy) is 1. The Bertz CT molecular complexity index is 543. The van der Waals surface area contributed by atoms with Crippen molar-refractivity contribution >= 4 is 11.6 Å². The molecule has 0 atom stereocenters. The molecule has 0 saturated heterocycles. The van der Waals surface area contributed by atoms with Gasteiger partial charge in [-0.2, -0.15) is 0 Å². The third-order valence-corrected chi connectivity index (χ3v) is 3.15. The first kappa shape index (κ1) is 12.9. The Balaban J connectivity index is 2.19. The zero-order chi connectivity index (χ0) is 13.1. The molecule has 3 heteroatoms.